The molecular formula is C35H29O4S2+. The molecule has 0 atom stereocenters. The third-order valence-corrected chi connectivity index (χ3v) is 11.3. The van der Waals surface area contributed by atoms with Crippen molar-refractivity contribution in [2.45, 2.75) is 24.5 Å². The largest absolute Gasteiger partial charge is 0.496 e. The van der Waals surface area contributed by atoms with Crippen LogP contribution in [0.4, 0.5) is 0 Å². The summed E-state index contributed by atoms with van der Waals surface area (Å²) in [6.45, 7) is 0. The number of rotatable bonds is 6. The number of hydrogen-bond donors (Lipinski definition) is 0. The summed E-state index contributed by atoms with van der Waals surface area (Å²) >= 11 is 0. The van der Waals surface area contributed by atoms with Gasteiger partial charge in [-0.15, -0.1) is 0 Å². The Morgan fingerprint density at radius 3 is 1.32 bits per heavy atom. The van der Waals surface area contributed by atoms with Crippen LogP contribution in [-0.4, -0.2) is 15.5 Å². The number of methoxy groups -OCH3 is 1. The zero-order chi connectivity index (χ0) is 28.7. The first kappa shape index (κ1) is 28.0. The van der Waals surface area contributed by atoms with Crippen molar-refractivity contribution in [1.82, 2.24) is 0 Å². The van der Waals surface area contributed by atoms with Crippen LogP contribution in [0, 0.1) is 0 Å². The Labute approximate surface area is 242 Å². The summed E-state index contributed by atoms with van der Waals surface area (Å²) in [7, 11) is -4.31. The van der Waals surface area contributed by atoms with Gasteiger partial charge in [-0.25, -0.2) is 8.42 Å². The molecule has 0 radical (unpaired) electrons. The lowest BCUT2D eigenvalue weighted by Crippen LogP contribution is -2.13. The number of sulfone groups is 1. The van der Waals surface area contributed by atoms with E-state index in [1.165, 1.54) is 0 Å². The van der Waals surface area contributed by atoms with Gasteiger partial charge in [-0.1, -0.05) is 95.2 Å². The minimum Gasteiger partial charge on any atom is -0.496 e. The molecule has 6 rings (SSSR count). The molecule has 0 N–H and O–H groups in total. The molecule has 0 fully saturated rings. The first-order valence-electron chi connectivity index (χ1n) is 13.0. The predicted molar refractivity (Wildman–Crippen MR) is 165 cm³/mol. The summed E-state index contributed by atoms with van der Waals surface area (Å²) in [5, 5.41) is 1.91. The van der Waals surface area contributed by atoms with Gasteiger partial charge in [0.25, 0.3) is 0 Å². The maximum Gasteiger partial charge on any atom is 0.206 e. The fourth-order valence-electron chi connectivity index (χ4n) is 4.62. The topological polar surface area (TPSA) is 60.4 Å². The molecule has 6 aromatic rings. The van der Waals surface area contributed by atoms with E-state index in [9.17, 15) is 12.6 Å². The van der Waals surface area contributed by atoms with Gasteiger partial charge in [0.1, 0.15) is 5.75 Å². The Hall–Kier alpha value is -4.52. The van der Waals surface area contributed by atoms with E-state index in [0.29, 0.717) is 9.79 Å². The van der Waals surface area contributed by atoms with Crippen molar-refractivity contribution in [1.29, 1.82) is 0 Å². The van der Waals surface area contributed by atoms with Gasteiger partial charge >= 0.3 is 0 Å². The Morgan fingerprint density at radius 2 is 0.878 bits per heavy atom. The molecule has 0 aliphatic carbocycles. The minimum atomic E-state index is -3.34. The van der Waals surface area contributed by atoms with Crippen LogP contribution in [0.3, 0.4) is 0 Å². The lowest BCUT2D eigenvalue weighted by atomic mass is 10.1. The molecule has 0 aromatic heterocycles. The summed E-state index contributed by atoms with van der Waals surface area (Å²) < 4.78 is 44.1. The summed E-state index contributed by atoms with van der Waals surface area (Å²) in [5.41, 5.74) is 0. The van der Waals surface area contributed by atoms with E-state index in [0.717, 1.165) is 31.2 Å². The molecule has 0 saturated carbocycles. The van der Waals surface area contributed by atoms with E-state index in [1.54, 1.807) is 67.8 Å². The maximum absolute atomic E-state index is 14.6. The number of fused-ring (bicyclic) bond motifs is 1. The molecule has 0 spiro atoms. The van der Waals surface area contributed by atoms with Crippen LogP contribution >= 0.6 is 0 Å². The summed E-state index contributed by atoms with van der Waals surface area (Å²) in [6.07, 6.45) is 0. The van der Waals surface area contributed by atoms with Crippen molar-refractivity contribution in [2.24, 2.45) is 0 Å². The van der Waals surface area contributed by atoms with Gasteiger partial charge in [-0.05, 0) is 66.7 Å². The van der Waals surface area contributed by atoms with Crippen molar-refractivity contribution in [3.63, 3.8) is 0 Å². The minimum absolute atomic E-state index is 0.330. The molecule has 0 amide bonds. The third-order valence-electron chi connectivity index (χ3n) is 6.63. The van der Waals surface area contributed by atoms with E-state index in [2.05, 4.69) is 0 Å². The van der Waals surface area contributed by atoms with Crippen molar-refractivity contribution in [3.05, 3.63) is 158 Å². The maximum atomic E-state index is 14.6. The van der Waals surface area contributed by atoms with Crippen molar-refractivity contribution < 1.29 is 17.4 Å². The van der Waals surface area contributed by atoms with Gasteiger partial charge in [0.15, 0.2) is 24.6 Å². The molecule has 0 bridgehead atoms. The molecule has 0 aliphatic rings. The van der Waals surface area contributed by atoms with Gasteiger partial charge < -0.3 is 4.74 Å². The summed E-state index contributed by atoms with van der Waals surface area (Å²) in [6, 6.07) is 48.1. The SMILES string of the molecule is COc1ccc([S+](=O)(c2ccccc2)c2ccccc2)c2ccccc12.O=S(=O)(c1ccccc1)c1ccccc1. The van der Waals surface area contributed by atoms with Crippen molar-refractivity contribution in [2.75, 3.05) is 7.11 Å². The number of hydrogen-bond acceptors (Lipinski definition) is 4. The second kappa shape index (κ2) is 12.3. The standard InChI is InChI=1S/C23H19O2S.C12H10O2S/c1-25-22-16-17-23(21-15-9-8-14-20(21)22)26(24,18-10-4-2-5-11-18)19-12-6-3-7-13-19;13-15(14,11-7-3-1-4-8-11)12-9-5-2-6-10-12/h2-17H,1H3;1-10H/q+1;. The molecule has 41 heavy (non-hydrogen) atoms. The van der Waals surface area contributed by atoms with Crippen LogP contribution in [0.2, 0.25) is 0 Å². The molecule has 6 aromatic carbocycles. The first-order chi connectivity index (χ1) is 20.0. The lowest BCUT2D eigenvalue weighted by Gasteiger charge is -2.15. The fraction of sp³-hybridized carbons (Fsp3) is 0.0286. The smallest absolute Gasteiger partial charge is 0.206 e. The normalized spacial score (nSPS) is 11.3. The lowest BCUT2D eigenvalue weighted by molar-refractivity contribution is 0.419. The highest BCUT2D eigenvalue weighted by Crippen LogP contribution is 2.42. The third kappa shape index (κ3) is 5.71. The molecule has 204 valence electrons. The van der Waals surface area contributed by atoms with E-state index in [1.807, 2.05) is 97.1 Å². The van der Waals surface area contributed by atoms with Crippen LogP contribution in [0.1, 0.15) is 0 Å². The van der Waals surface area contributed by atoms with Gasteiger partial charge in [-0.2, -0.15) is 0 Å². The van der Waals surface area contributed by atoms with E-state index < -0.39 is 19.8 Å². The average Bonchev–Trinajstić information content (AvgIpc) is 3.06. The number of benzene rings is 6. The molecular weight excluding hydrogens is 549 g/mol. The summed E-state index contributed by atoms with van der Waals surface area (Å²) in [5.74, 6) is 0.784. The average molecular weight is 578 g/mol. The zero-order valence-electron chi connectivity index (χ0n) is 22.5. The van der Waals surface area contributed by atoms with Crippen molar-refractivity contribution >= 4 is 30.5 Å². The Bertz CT molecular complexity index is 1800. The number of ether oxygens (including phenoxy) is 1. The van der Waals surface area contributed by atoms with E-state index in [-0.39, 0.29) is 0 Å². The van der Waals surface area contributed by atoms with Crippen molar-refractivity contribution in [3.8, 4) is 5.75 Å². The molecule has 0 saturated heterocycles. The zero-order valence-corrected chi connectivity index (χ0v) is 24.1. The first-order valence-corrected chi connectivity index (χ1v) is 16.1. The van der Waals surface area contributed by atoms with Gasteiger partial charge in [0.05, 0.1) is 16.9 Å². The monoisotopic (exact) mass is 577 g/mol. The van der Waals surface area contributed by atoms with Crippen LogP contribution < -0.4 is 4.74 Å². The van der Waals surface area contributed by atoms with Gasteiger partial charge in [-0.3, -0.25) is 0 Å². The highest BCUT2D eigenvalue weighted by Gasteiger charge is 2.39. The Balaban J connectivity index is 0.000000191. The fourth-order valence-corrected chi connectivity index (χ4v) is 8.53. The molecule has 0 aliphatic heterocycles. The van der Waals surface area contributed by atoms with E-state index in [4.69, 9.17) is 4.74 Å². The van der Waals surface area contributed by atoms with Gasteiger partial charge in [0.2, 0.25) is 9.84 Å². The molecule has 0 heterocycles. The predicted octanol–water partition coefficient (Wildman–Crippen LogP) is 8.34. The second-order valence-electron chi connectivity index (χ2n) is 9.12. The summed E-state index contributed by atoms with van der Waals surface area (Å²) in [4.78, 5) is 3.08. The highest BCUT2D eigenvalue weighted by atomic mass is 32.2. The highest BCUT2D eigenvalue weighted by molar-refractivity contribution is 8.03. The van der Waals surface area contributed by atoms with Crippen LogP contribution in [0.5, 0.6) is 5.75 Å². The Kier molecular flexibility index (Phi) is 8.43. The molecule has 0 unspecified atom stereocenters. The van der Waals surface area contributed by atoms with E-state index >= 15 is 0 Å². The van der Waals surface area contributed by atoms with Crippen LogP contribution in [-0.2, 0) is 24.0 Å². The Morgan fingerprint density at radius 1 is 0.488 bits per heavy atom. The van der Waals surface area contributed by atoms with Crippen LogP contribution in [0.15, 0.2) is 182 Å². The second-order valence-corrected chi connectivity index (χ2v) is 13.6. The quantitative estimate of drug-likeness (QED) is 0.187. The van der Waals surface area contributed by atoms with Crippen LogP contribution in [0.25, 0.3) is 10.8 Å². The van der Waals surface area contributed by atoms with Gasteiger partial charge in [0, 0.05) is 10.8 Å². The molecule has 6 heteroatoms. The molecule has 4 nitrogen and oxygen atoms in total.